The average molecular weight is 353 g/mol. The van der Waals surface area contributed by atoms with Gasteiger partial charge in [-0.25, -0.2) is 0 Å². The molecule has 0 unspecified atom stereocenters. The molecule has 142 valence electrons. The Morgan fingerprint density at radius 2 is 1.81 bits per heavy atom. The topological polar surface area (TPSA) is 24.4 Å². The highest BCUT2D eigenvalue weighted by molar-refractivity contribution is 6.14. The summed E-state index contributed by atoms with van der Waals surface area (Å²) >= 11 is 0. The van der Waals surface area contributed by atoms with Gasteiger partial charge in [-0.15, -0.1) is 0 Å². The third-order valence-electron chi connectivity index (χ3n) is 5.64. The fraction of sp³-hybridized carbons (Fsp3) is 0.625. The first-order valence-electron chi connectivity index (χ1n) is 10.6. The van der Waals surface area contributed by atoms with Gasteiger partial charge in [-0.1, -0.05) is 51.0 Å². The van der Waals surface area contributed by atoms with Crippen molar-refractivity contribution >= 4 is 5.71 Å². The number of hydrogen-bond donors (Lipinski definition) is 1. The van der Waals surface area contributed by atoms with Crippen molar-refractivity contribution in [2.24, 2.45) is 16.8 Å². The zero-order valence-electron chi connectivity index (χ0n) is 17.4. The van der Waals surface area contributed by atoms with Crippen LogP contribution >= 0.6 is 0 Å². The summed E-state index contributed by atoms with van der Waals surface area (Å²) in [6, 6.07) is 9.17. The molecule has 1 heterocycles. The summed E-state index contributed by atoms with van der Waals surface area (Å²) in [4.78, 5) is 5.16. The zero-order chi connectivity index (χ0) is 18.7. The highest BCUT2D eigenvalue weighted by atomic mass is 14.9. The molecule has 26 heavy (non-hydrogen) atoms. The molecule has 0 aromatic heterocycles. The Labute approximate surface area is 160 Å². The van der Waals surface area contributed by atoms with Gasteiger partial charge in [0.1, 0.15) is 0 Å². The van der Waals surface area contributed by atoms with Crippen LogP contribution in [0.2, 0.25) is 0 Å². The fourth-order valence-electron chi connectivity index (χ4n) is 4.56. The van der Waals surface area contributed by atoms with Crippen molar-refractivity contribution < 1.29 is 0 Å². The number of benzene rings is 1. The lowest BCUT2D eigenvalue weighted by Crippen LogP contribution is -2.23. The molecule has 0 spiro atoms. The maximum absolute atomic E-state index is 5.16. The average Bonchev–Trinajstić information content (AvgIpc) is 3.20. The van der Waals surface area contributed by atoms with E-state index < -0.39 is 0 Å². The van der Waals surface area contributed by atoms with E-state index in [9.17, 15) is 0 Å². The van der Waals surface area contributed by atoms with E-state index in [1.54, 1.807) is 0 Å². The van der Waals surface area contributed by atoms with Crippen molar-refractivity contribution in [3.63, 3.8) is 0 Å². The molecule has 1 N–H and O–H groups in total. The summed E-state index contributed by atoms with van der Waals surface area (Å²) in [5.41, 5.74) is 6.90. The third kappa shape index (κ3) is 4.39. The van der Waals surface area contributed by atoms with E-state index in [0.717, 1.165) is 19.4 Å². The number of rotatable bonds is 6. The van der Waals surface area contributed by atoms with E-state index in [1.165, 1.54) is 53.8 Å². The summed E-state index contributed by atoms with van der Waals surface area (Å²) in [7, 11) is 0. The largest absolute Gasteiger partial charge is 0.388 e. The number of aliphatic imine (C=N–C) groups is 1. The summed E-state index contributed by atoms with van der Waals surface area (Å²) in [6.07, 6.45) is 7.58. The Hall–Kier alpha value is -1.57. The van der Waals surface area contributed by atoms with Crippen molar-refractivity contribution in [2.75, 3.05) is 6.54 Å². The van der Waals surface area contributed by atoms with Crippen molar-refractivity contribution in [3.8, 4) is 0 Å². The van der Waals surface area contributed by atoms with Gasteiger partial charge in [0.25, 0.3) is 0 Å². The molecular weight excluding hydrogens is 316 g/mol. The second kappa shape index (κ2) is 7.98. The van der Waals surface area contributed by atoms with Gasteiger partial charge in [-0.05, 0) is 63.0 Å². The van der Waals surface area contributed by atoms with Gasteiger partial charge in [0.15, 0.2) is 0 Å². The SMILES string of the molecule is CCNC(=C1CC(C)(C)N=C1c1ccc(CC(C)C)cc1)C1CCCC1. The predicted molar refractivity (Wildman–Crippen MR) is 113 cm³/mol. The minimum absolute atomic E-state index is 0.000542. The predicted octanol–water partition coefficient (Wildman–Crippen LogP) is 5.91. The van der Waals surface area contributed by atoms with Gasteiger partial charge >= 0.3 is 0 Å². The highest BCUT2D eigenvalue weighted by Crippen LogP contribution is 2.39. The molecule has 1 aliphatic heterocycles. The molecule has 0 saturated heterocycles. The molecule has 1 aliphatic carbocycles. The maximum atomic E-state index is 5.16. The standard InChI is InChI=1S/C24H36N2/c1-6-25-22(19-9-7-8-10-19)21-16-24(4,5)26-23(21)20-13-11-18(12-14-20)15-17(2)3/h11-14,17,19,25H,6-10,15-16H2,1-5H3. The molecule has 0 bridgehead atoms. The van der Waals surface area contributed by atoms with E-state index in [4.69, 9.17) is 4.99 Å². The molecule has 2 aliphatic rings. The molecular formula is C24H36N2. The molecule has 1 fully saturated rings. The van der Waals surface area contributed by atoms with Crippen LogP contribution in [0.3, 0.4) is 0 Å². The van der Waals surface area contributed by atoms with Crippen LogP contribution in [-0.4, -0.2) is 17.8 Å². The maximum Gasteiger partial charge on any atom is 0.0703 e. The lowest BCUT2D eigenvalue weighted by Gasteiger charge is -2.21. The van der Waals surface area contributed by atoms with Gasteiger partial charge < -0.3 is 5.32 Å². The zero-order valence-corrected chi connectivity index (χ0v) is 17.4. The van der Waals surface area contributed by atoms with Gasteiger partial charge in [0, 0.05) is 24.2 Å². The number of nitrogens with one attached hydrogen (secondary N) is 1. The minimum atomic E-state index is 0.000542. The van der Waals surface area contributed by atoms with Gasteiger partial charge in [0.2, 0.25) is 0 Å². The van der Waals surface area contributed by atoms with E-state index in [-0.39, 0.29) is 5.54 Å². The first-order valence-corrected chi connectivity index (χ1v) is 10.6. The number of nitrogens with zero attached hydrogens (tertiary/aromatic N) is 1. The molecule has 2 heteroatoms. The first-order chi connectivity index (χ1) is 12.4. The Morgan fingerprint density at radius 3 is 2.38 bits per heavy atom. The van der Waals surface area contributed by atoms with E-state index >= 15 is 0 Å². The summed E-state index contributed by atoms with van der Waals surface area (Å²) in [5.74, 6) is 1.39. The Kier molecular flexibility index (Phi) is 5.89. The van der Waals surface area contributed by atoms with E-state index in [0.29, 0.717) is 11.8 Å². The molecule has 3 rings (SSSR count). The van der Waals surface area contributed by atoms with Crippen LogP contribution in [0.1, 0.15) is 77.8 Å². The Balaban J connectivity index is 1.97. The van der Waals surface area contributed by atoms with Crippen LogP contribution in [0.4, 0.5) is 0 Å². The van der Waals surface area contributed by atoms with Gasteiger partial charge in [-0.2, -0.15) is 0 Å². The molecule has 0 amide bonds. The molecule has 0 atom stereocenters. The van der Waals surface area contributed by atoms with Crippen LogP contribution < -0.4 is 5.32 Å². The fourth-order valence-corrected chi connectivity index (χ4v) is 4.56. The van der Waals surface area contributed by atoms with Crippen LogP contribution in [0.15, 0.2) is 40.5 Å². The summed E-state index contributed by atoms with van der Waals surface area (Å²) < 4.78 is 0. The lowest BCUT2D eigenvalue weighted by atomic mass is 9.89. The first kappa shape index (κ1) is 19.2. The Morgan fingerprint density at radius 1 is 1.15 bits per heavy atom. The second-order valence-corrected chi connectivity index (χ2v) is 9.15. The highest BCUT2D eigenvalue weighted by Gasteiger charge is 2.34. The van der Waals surface area contributed by atoms with Crippen molar-refractivity contribution in [1.82, 2.24) is 5.32 Å². The monoisotopic (exact) mass is 352 g/mol. The van der Waals surface area contributed by atoms with Gasteiger partial charge in [0.05, 0.1) is 11.3 Å². The van der Waals surface area contributed by atoms with Crippen molar-refractivity contribution in [2.45, 2.75) is 78.7 Å². The Bertz CT molecular complexity index is 671. The van der Waals surface area contributed by atoms with E-state index in [1.807, 2.05) is 0 Å². The van der Waals surface area contributed by atoms with Gasteiger partial charge in [-0.3, -0.25) is 4.99 Å². The number of hydrogen-bond acceptors (Lipinski definition) is 2. The van der Waals surface area contributed by atoms with Crippen LogP contribution in [-0.2, 0) is 6.42 Å². The summed E-state index contributed by atoms with van der Waals surface area (Å²) in [5, 5.41) is 3.74. The molecule has 1 aromatic carbocycles. The number of allylic oxidation sites excluding steroid dienone is 1. The molecule has 1 saturated carbocycles. The van der Waals surface area contributed by atoms with Crippen molar-refractivity contribution in [3.05, 3.63) is 46.7 Å². The smallest absolute Gasteiger partial charge is 0.0703 e. The van der Waals surface area contributed by atoms with Crippen LogP contribution in [0, 0.1) is 11.8 Å². The van der Waals surface area contributed by atoms with Crippen molar-refractivity contribution in [1.29, 1.82) is 0 Å². The molecule has 0 radical (unpaired) electrons. The summed E-state index contributed by atoms with van der Waals surface area (Å²) in [6.45, 7) is 12.3. The molecule has 2 nitrogen and oxygen atoms in total. The third-order valence-corrected chi connectivity index (χ3v) is 5.64. The lowest BCUT2D eigenvalue weighted by molar-refractivity contribution is 0.529. The normalized spacial score (nSPS) is 22.0. The quantitative estimate of drug-likeness (QED) is 0.676. The van der Waals surface area contributed by atoms with E-state index in [2.05, 4.69) is 64.2 Å². The minimum Gasteiger partial charge on any atom is -0.388 e. The molecule has 1 aromatic rings. The van der Waals surface area contributed by atoms with Crippen LogP contribution in [0.25, 0.3) is 0 Å². The second-order valence-electron chi connectivity index (χ2n) is 9.15. The van der Waals surface area contributed by atoms with Crippen LogP contribution in [0.5, 0.6) is 0 Å².